The molecular weight excluding hydrogens is 795 g/mol. The molecule has 3 aromatic carbocycles. The monoisotopic (exact) mass is 863 g/mol. The van der Waals surface area contributed by atoms with Gasteiger partial charge in [-0.25, -0.2) is 0 Å². The number of unbranched alkanes of at least 4 members (excludes halogenated alkanes) is 3. The maximum absolute atomic E-state index is 14.1. The summed E-state index contributed by atoms with van der Waals surface area (Å²) < 4.78 is 0. The molecule has 0 spiro atoms. The molecule has 2 atom stereocenters. The van der Waals surface area contributed by atoms with Crippen molar-refractivity contribution < 1.29 is 19.2 Å². The van der Waals surface area contributed by atoms with Gasteiger partial charge >= 0.3 is 0 Å². The molecule has 0 fully saturated rings. The minimum Gasteiger partial charge on any atom is -0.330 e. The predicted octanol–water partition coefficient (Wildman–Crippen LogP) is 7.13. The van der Waals surface area contributed by atoms with E-state index in [-0.39, 0.29) is 33.8 Å². The van der Waals surface area contributed by atoms with E-state index in [1.54, 1.807) is 18.2 Å². The number of nitrogens with two attached hydrogens (primary N) is 5. The molecule has 0 bridgehead atoms. The highest BCUT2D eigenvalue weighted by molar-refractivity contribution is 7.99. The quantitative estimate of drug-likeness (QED) is 0.0363. The van der Waals surface area contributed by atoms with Gasteiger partial charge in [-0.05, 0) is 90.2 Å². The van der Waals surface area contributed by atoms with Crippen LogP contribution in [0.25, 0.3) is 0 Å². The third-order valence-electron chi connectivity index (χ3n) is 9.80. The molecule has 0 aliphatic carbocycles. The van der Waals surface area contributed by atoms with Crippen LogP contribution in [0.2, 0.25) is 0 Å². The fraction of sp³-hybridized carbons (Fsp3) is 0.511. The summed E-state index contributed by atoms with van der Waals surface area (Å²) in [5, 5.41) is 12.2. The number of anilines is 4. The van der Waals surface area contributed by atoms with Gasteiger partial charge in [0.15, 0.2) is 0 Å². The van der Waals surface area contributed by atoms with E-state index in [0.29, 0.717) is 76.5 Å². The van der Waals surface area contributed by atoms with Gasteiger partial charge in [-0.2, -0.15) is 0 Å². The molecule has 3 rings (SSSR count). The number of carbonyl (C=O) groups excluding carboxylic acids is 4. The molecule has 60 heavy (non-hydrogen) atoms. The Labute approximate surface area is 365 Å². The van der Waals surface area contributed by atoms with Crippen molar-refractivity contribution in [2.45, 2.75) is 126 Å². The number of hydrogen-bond acceptors (Lipinski definition) is 11. The molecular formula is C45H69N9O4S2. The summed E-state index contributed by atoms with van der Waals surface area (Å²) >= 11 is 2.84. The molecule has 0 unspecified atom stereocenters. The van der Waals surface area contributed by atoms with Gasteiger partial charge in [0.2, 0.25) is 11.8 Å². The van der Waals surface area contributed by atoms with Crippen molar-refractivity contribution >= 4 is 69.9 Å². The summed E-state index contributed by atoms with van der Waals surface area (Å²) in [5.74, 6) is -0.458. The average Bonchev–Trinajstić information content (AvgIpc) is 3.19. The van der Waals surface area contributed by atoms with Crippen molar-refractivity contribution in [3.63, 3.8) is 0 Å². The van der Waals surface area contributed by atoms with E-state index in [4.69, 9.17) is 28.7 Å². The summed E-state index contributed by atoms with van der Waals surface area (Å²) in [5.41, 5.74) is 33.7. The lowest BCUT2D eigenvalue weighted by atomic mass is 9.86. The van der Waals surface area contributed by atoms with Crippen molar-refractivity contribution in [3.8, 4) is 0 Å². The fourth-order valence-electron chi connectivity index (χ4n) is 6.15. The summed E-state index contributed by atoms with van der Waals surface area (Å²) in [7, 11) is 0. The number of thioether (sulfide) groups is 2. The fourth-order valence-corrected chi connectivity index (χ4v) is 7.86. The standard InChI is InChI=1S/C45H69N9O4S2/c1-8-9-10-16-32(49)42(57)53-36-26-30(44(2,3)4)24-34(38(36)59-21-19-47)51-40(55)28-14-13-15-29(23-28)41(56)52-35-25-31(45(5,6)7)27-37(39(35)60-22-20-48)54-43(58)33(50)17-11-12-18-46/h13-15,23-27,32-33H,8-12,16-22,46-50H2,1-7H3,(H,51,55)(H,52,56)(H,53,57)(H,54,58)/t32-,33-/m1/s1. The molecule has 0 aromatic heterocycles. The topological polar surface area (TPSA) is 247 Å². The smallest absolute Gasteiger partial charge is 0.255 e. The SMILES string of the molecule is CCCCC[C@@H](N)C(=O)Nc1cc(C(C)(C)C)cc(NC(=O)c2cccc(C(=O)Nc3cc(C(C)(C)C)cc(NC(=O)[C@H](N)CCCCN)c3SCCN)c2)c1SCCN. The average molecular weight is 864 g/mol. The summed E-state index contributed by atoms with van der Waals surface area (Å²) in [6.45, 7) is 15.7. The van der Waals surface area contributed by atoms with Crippen LogP contribution in [0.15, 0.2) is 58.3 Å². The van der Waals surface area contributed by atoms with E-state index in [1.807, 2.05) is 45.0 Å². The van der Waals surface area contributed by atoms with E-state index >= 15 is 0 Å². The molecule has 0 radical (unpaired) electrons. The first-order valence-corrected chi connectivity index (χ1v) is 22.9. The second-order valence-electron chi connectivity index (χ2n) is 17.0. The zero-order valence-corrected chi connectivity index (χ0v) is 38.2. The predicted molar refractivity (Wildman–Crippen MR) is 252 cm³/mol. The molecule has 4 amide bonds. The molecule has 13 nitrogen and oxygen atoms in total. The Morgan fingerprint density at radius 3 is 1.30 bits per heavy atom. The molecule has 3 aromatic rings. The van der Waals surface area contributed by atoms with Crippen LogP contribution in [0.4, 0.5) is 22.7 Å². The van der Waals surface area contributed by atoms with Crippen molar-refractivity contribution in [2.24, 2.45) is 28.7 Å². The maximum atomic E-state index is 14.1. The van der Waals surface area contributed by atoms with E-state index in [0.717, 1.165) is 43.2 Å². The largest absolute Gasteiger partial charge is 0.330 e. The Kier molecular flexibility index (Phi) is 20.1. The number of benzene rings is 3. The lowest BCUT2D eigenvalue weighted by Gasteiger charge is -2.25. The lowest BCUT2D eigenvalue weighted by Crippen LogP contribution is -2.36. The highest BCUT2D eigenvalue weighted by Gasteiger charge is 2.26. The van der Waals surface area contributed by atoms with Crippen LogP contribution in [0.5, 0.6) is 0 Å². The molecule has 0 saturated heterocycles. The zero-order chi connectivity index (χ0) is 44.6. The Bertz CT molecular complexity index is 1790. The number of hydrogen-bond donors (Lipinski definition) is 9. The lowest BCUT2D eigenvalue weighted by molar-refractivity contribution is -0.118. The van der Waals surface area contributed by atoms with Gasteiger partial charge in [0, 0.05) is 35.7 Å². The highest BCUT2D eigenvalue weighted by Crippen LogP contribution is 2.41. The summed E-state index contributed by atoms with van der Waals surface area (Å²) in [4.78, 5) is 56.1. The van der Waals surface area contributed by atoms with Crippen LogP contribution in [0.1, 0.15) is 125 Å². The van der Waals surface area contributed by atoms with Gasteiger partial charge in [-0.1, -0.05) is 80.2 Å². The first-order chi connectivity index (χ1) is 28.3. The molecule has 0 saturated carbocycles. The minimum atomic E-state index is -0.732. The summed E-state index contributed by atoms with van der Waals surface area (Å²) in [6, 6.07) is 12.7. The molecule has 15 heteroatoms. The highest BCUT2D eigenvalue weighted by atomic mass is 32.2. The first kappa shape index (κ1) is 50.4. The maximum Gasteiger partial charge on any atom is 0.255 e. The van der Waals surface area contributed by atoms with Gasteiger partial charge in [0.25, 0.3) is 11.8 Å². The number of rotatable bonds is 22. The molecule has 0 heterocycles. The van der Waals surface area contributed by atoms with Crippen molar-refractivity contribution in [3.05, 3.63) is 70.8 Å². The third kappa shape index (κ3) is 15.2. The van der Waals surface area contributed by atoms with Gasteiger partial charge < -0.3 is 49.9 Å². The van der Waals surface area contributed by atoms with Crippen LogP contribution >= 0.6 is 23.5 Å². The molecule has 0 aliphatic heterocycles. The molecule has 14 N–H and O–H groups in total. The van der Waals surface area contributed by atoms with E-state index < -0.39 is 23.9 Å². The van der Waals surface area contributed by atoms with Gasteiger partial charge in [0.05, 0.1) is 44.6 Å². The second-order valence-corrected chi connectivity index (χ2v) is 19.2. The van der Waals surface area contributed by atoms with E-state index in [1.165, 1.54) is 29.6 Å². The Morgan fingerprint density at radius 2 is 0.950 bits per heavy atom. The Hall–Kier alpha value is -3.96. The number of amides is 4. The van der Waals surface area contributed by atoms with Crippen LogP contribution in [-0.4, -0.2) is 66.9 Å². The van der Waals surface area contributed by atoms with E-state index in [2.05, 4.69) is 49.0 Å². The van der Waals surface area contributed by atoms with Crippen molar-refractivity contribution in [2.75, 3.05) is 52.4 Å². The van der Waals surface area contributed by atoms with Crippen LogP contribution < -0.4 is 49.9 Å². The zero-order valence-electron chi connectivity index (χ0n) is 36.6. The van der Waals surface area contributed by atoms with Crippen LogP contribution in [0, 0.1) is 0 Å². The second kappa shape index (κ2) is 23.9. The summed E-state index contributed by atoms with van der Waals surface area (Å²) in [6.07, 6.45) is 5.41. The van der Waals surface area contributed by atoms with Gasteiger partial charge in [0.1, 0.15) is 0 Å². The van der Waals surface area contributed by atoms with Crippen LogP contribution in [-0.2, 0) is 20.4 Å². The van der Waals surface area contributed by atoms with Crippen LogP contribution in [0.3, 0.4) is 0 Å². The third-order valence-corrected chi connectivity index (χ3v) is 12.1. The molecule has 0 aliphatic rings. The molecule has 330 valence electrons. The minimum absolute atomic E-state index is 0.247. The Balaban J connectivity index is 2.01. The van der Waals surface area contributed by atoms with Crippen molar-refractivity contribution in [1.82, 2.24) is 0 Å². The first-order valence-electron chi connectivity index (χ1n) is 20.9. The van der Waals surface area contributed by atoms with E-state index in [9.17, 15) is 19.2 Å². The normalized spacial score (nSPS) is 12.7. The number of carbonyl (C=O) groups is 4. The van der Waals surface area contributed by atoms with Gasteiger partial charge in [-0.15, -0.1) is 23.5 Å². The number of nitrogens with one attached hydrogen (secondary N) is 4. The van der Waals surface area contributed by atoms with Crippen molar-refractivity contribution in [1.29, 1.82) is 0 Å². The Morgan fingerprint density at radius 1 is 0.567 bits per heavy atom. The van der Waals surface area contributed by atoms with Gasteiger partial charge in [-0.3, -0.25) is 19.2 Å².